The van der Waals surface area contributed by atoms with Crippen molar-refractivity contribution in [2.24, 2.45) is 5.73 Å². The maximum absolute atomic E-state index is 11.6. The fourth-order valence-electron chi connectivity index (χ4n) is 2.37. The van der Waals surface area contributed by atoms with Crippen LogP contribution in [0, 0.1) is 0 Å². The van der Waals surface area contributed by atoms with Crippen molar-refractivity contribution in [1.82, 2.24) is 10.2 Å². The van der Waals surface area contributed by atoms with Gasteiger partial charge in [-0.05, 0) is 24.6 Å². The van der Waals surface area contributed by atoms with Crippen LogP contribution < -0.4 is 15.8 Å². The van der Waals surface area contributed by atoms with Crippen LogP contribution in [0.3, 0.4) is 0 Å². The Kier molecular flexibility index (Phi) is 4.39. The SMILES string of the molecule is COc1ccc(CN2CCNC(=O)C2C)cc1CN. The molecule has 104 valence electrons. The van der Waals surface area contributed by atoms with Crippen LogP contribution in [0.15, 0.2) is 18.2 Å². The zero-order valence-electron chi connectivity index (χ0n) is 11.5. The van der Waals surface area contributed by atoms with Gasteiger partial charge in [0.1, 0.15) is 5.75 Å². The van der Waals surface area contributed by atoms with Crippen molar-refractivity contribution in [3.63, 3.8) is 0 Å². The quantitative estimate of drug-likeness (QED) is 0.829. The molecule has 0 radical (unpaired) electrons. The lowest BCUT2D eigenvalue weighted by Crippen LogP contribution is -2.53. The van der Waals surface area contributed by atoms with Crippen LogP contribution in [0.1, 0.15) is 18.1 Å². The minimum atomic E-state index is -0.0859. The Hall–Kier alpha value is -1.59. The summed E-state index contributed by atoms with van der Waals surface area (Å²) in [6.45, 7) is 4.72. The van der Waals surface area contributed by atoms with E-state index in [1.807, 2.05) is 19.1 Å². The molecule has 3 N–H and O–H groups in total. The lowest BCUT2D eigenvalue weighted by Gasteiger charge is -2.32. The third-order valence-corrected chi connectivity index (χ3v) is 3.58. The van der Waals surface area contributed by atoms with E-state index in [4.69, 9.17) is 10.5 Å². The first kappa shape index (κ1) is 13.8. The van der Waals surface area contributed by atoms with E-state index in [-0.39, 0.29) is 11.9 Å². The molecule has 1 heterocycles. The number of ether oxygens (including phenoxy) is 1. The molecule has 5 nitrogen and oxygen atoms in total. The molecule has 1 aromatic rings. The number of rotatable bonds is 4. The number of benzene rings is 1. The van der Waals surface area contributed by atoms with Crippen molar-refractivity contribution in [2.75, 3.05) is 20.2 Å². The van der Waals surface area contributed by atoms with Crippen LogP contribution in [0.25, 0.3) is 0 Å². The predicted octanol–water partition coefficient (Wildman–Crippen LogP) is 0.474. The van der Waals surface area contributed by atoms with Crippen LogP contribution in [0.2, 0.25) is 0 Å². The lowest BCUT2D eigenvalue weighted by atomic mass is 10.1. The number of amides is 1. The van der Waals surface area contributed by atoms with Crippen molar-refractivity contribution >= 4 is 5.91 Å². The number of carbonyl (C=O) groups excluding carboxylic acids is 1. The molecular weight excluding hydrogens is 242 g/mol. The highest BCUT2D eigenvalue weighted by Crippen LogP contribution is 2.21. The highest BCUT2D eigenvalue weighted by atomic mass is 16.5. The van der Waals surface area contributed by atoms with Gasteiger partial charge in [0.05, 0.1) is 13.2 Å². The van der Waals surface area contributed by atoms with Crippen molar-refractivity contribution in [2.45, 2.75) is 26.1 Å². The molecule has 1 aromatic carbocycles. The zero-order chi connectivity index (χ0) is 13.8. The third kappa shape index (κ3) is 3.05. The summed E-state index contributed by atoms with van der Waals surface area (Å²) in [5.41, 5.74) is 7.87. The van der Waals surface area contributed by atoms with Crippen molar-refractivity contribution < 1.29 is 9.53 Å². The Morgan fingerprint density at radius 2 is 2.32 bits per heavy atom. The zero-order valence-corrected chi connectivity index (χ0v) is 11.5. The average molecular weight is 263 g/mol. The molecule has 2 rings (SSSR count). The largest absolute Gasteiger partial charge is 0.496 e. The number of piperazine rings is 1. The average Bonchev–Trinajstić information content (AvgIpc) is 2.43. The number of methoxy groups -OCH3 is 1. The summed E-state index contributed by atoms with van der Waals surface area (Å²) in [4.78, 5) is 13.8. The van der Waals surface area contributed by atoms with Gasteiger partial charge in [0.15, 0.2) is 0 Å². The van der Waals surface area contributed by atoms with Gasteiger partial charge in [-0.1, -0.05) is 6.07 Å². The van der Waals surface area contributed by atoms with E-state index in [1.54, 1.807) is 7.11 Å². The van der Waals surface area contributed by atoms with E-state index >= 15 is 0 Å². The molecule has 0 saturated carbocycles. The van der Waals surface area contributed by atoms with Gasteiger partial charge in [0.2, 0.25) is 5.91 Å². The van der Waals surface area contributed by atoms with E-state index in [9.17, 15) is 4.79 Å². The second-order valence-electron chi connectivity index (χ2n) is 4.79. The fourth-order valence-corrected chi connectivity index (χ4v) is 2.37. The van der Waals surface area contributed by atoms with Crippen LogP contribution >= 0.6 is 0 Å². The Morgan fingerprint density at radius 3 is 3.00 bits per heavy atom. The third-order valence-electron chi connectivity index (χ3n) is 3.58. The predicted molar refractivity (Wildman–Crippen MR) is 73.8 cm³/mol. The molecule has 0 spiro atoms. The molecular formula is C14H21N3O2. The van der Waals surface area contributed by atoms with Gasteiger partial charge in [0.25, 0.3) is 0 Å². The summed E-state index contributed by atoms with van der Waals surface area (Å²) in [5, 5.41) is 2.87. The van der Waals surface area contributed by atoms with Crippen LogP contribution in [-0.4, -0.2) is 37.0 Å². The molecule has 0 aromatic heterocycles. The van der Waals surface area contributed by atoms with E-state index in [2.05, 4.69) is 16.3 Å². The maximum Gasteiger partial charge on any atom is 0.237 e. The summed E-state index contributed by atoms with van der Waals surface area (Å²) in [7, 11) is 1.64. The molecule has 1 aliphatic rings. The summed E-state index contributed by atoms with van der Waals surface area (Å²) >= 11 is 0. The second-order valence-corrected chi connectivity index (χ2v) is 4.79. The van der Waals surface area contributed by atoms with Gasteiger partial charge < -0.3 is 15.8 Å². The fraction of sp³-hybridized carbons (Fsp3) is 0.500. The molecule has 0 aliphatic carbocycles. The number of hydrogen-bond acceptors (Lipinski definition) is 4. The van der Waals surface area contributed by atoms with Gasteiger partial charge in [-0.15, -0.1) is 0 Å². The Balaban J connectivity index is 2.12. The topological polar surface area (TPSA) is 67.6 Å². The number of nitrogens with one attached hydrogen (secondary N) is 1. The number of nitrogens with zero attached hydrogens (tertiary/aromatic N) is 1. The second kappa shape index (κ2) is 6.04. The molecule has 1 fully saturated rings. The van der Waals surface area contributed by atoms with E-state index in [1.165, 1.54) is 0 Å². The van der Waals surface area contributed by atoms with Crippen LogP contribution in [0.4, 0.5) is 0 Å². The van der Waals surface area contributed by atoms with Crippen molar-refractivity contribution in [3.05, 3.63) is 29.3 Å². The Morgan fingerprint density at radius 1 is 1.53 bits per heavy atom. The van der Waals surface area contributed by atoms with Gasteiger partial charge in [-0.25, -0.2) is 0 Å². The molecule has 1 saturated heterocycles. The van der Waals surface area contributed by atoms with E-state index in [0.717, 1.165) is 30.0 Å². The number of carbonyl (C=O) groups is 1. The van der Waals surface area contributed by atoms with Gasteiger partial charge >= 0.3 is 0 Å². The minimum Gasteiger partial charge on any atom is -0.496 e. The van der Waals surface area contributed by atoms with Crippen molar-refractivity contribution in [3.8, 4) is 5.75 Å². The number of hydrogen-bond donors (Lipinski definition) is 2. The smallest absolute Gasteiger partial charge is 0.237 e. The van der Waals surface area contributed by atoms with Gasteiger partial charge in [0, 0.05) is 31.7 Å². The highest BCUT2D eigenvalue weighted by molar-refractivity contribution is 5.81. The number of nitrogens with two attached hydrogens (primary N) is 1. The summed E-state index contributed by atoms with van der Waals surface area (Å²) < 4.78 is 5.26. The van der Waals surface area contributed by atoms with Crippen LogP contribution in [-0.2, 0) is 17.9 Å². The molecule has 1 unspecified atom stereocenters. The maximum atomic E-state index is 11.6. The molecule has 1 amide bonds. The summed E-state index contributed by atoms with van der Waals surface area (Å²) in [6.07, 6.45) is 0. The first-order chi connectivity index (χ1) is 9.15. The molecule has 1 aliphatic heterocycles. The molecule has 1 atom stereocenters. The van der Waals surface area contributed by atoms with E-state index < -0.39 is 0 Å². The normalized spacial score (nSPS) is 20.2. The summed E-state index contributed by atoms with van der Waals surface area (Å²) in [6, 6.07) is 5.93. The van der Waals surface area contributed by atoms with Gasteiger partial charge in [-0.3, -0.25) is 9.69 Å². The van der Waals surface area contributed by atoms with Crippen molar-refractivity contribution in [1.29, 1.82) is 0 Å². The standard InChI is InChI=1S/C14H21N3O2/c1-10-14(18)16-5-6-17(10)9-11-3-4-13(19-2)12(7-11)8-15/h3-4,7,10H,5-6,8-9,15H2,1-2H3,(H,16,18). The Bertz CT molecular complexity index is 462. The molecule has 19 heavy (non-hydrogen) atoms. The highest BCUT2D eigenvalue weighted by Gasteiger charge is 2.25. The summed E-state index contributed by atoms with van der Waals surface area (Å²) in [5.74, 6) is 0.912. The minimum absolute atomic E-state index is 0.0859. The first-order valence-electron chi connectivity index (χ1n) is 6.53. The first-order valence-corrected chi connectivity index (χ1v) is 6.53. The monoisotopic (exact) mass is 263 g/mol. The lowest BCUT2D eigenvalue weighted by molar-refractivity contribution is -0.128. The molecule has 0 bridgehead atoms. The Labute approximate surface area is 113 Å². The van der Waals surface area contributed by atoms with Gasteiger partial charge in [-0.2, -0.15) is 0 Å². The van der Waals surface area contributed by atoms with Crippen LogP contribution in [0.5, 0.6) is 5.75 Å². The van der Waals surface area contributed by atoms with E-state index in [0.29, 0.717) is 13.1 Å². The molecule has 5 heteroatoms.